The fraction of sp³-hybridized carbons (Fsp3) is 0.562. The first-order chi connectivity index (χ1) is 9.58. The summed E-state index contributed by atoms with van der Waals surface area (Å²) >= 11 is 0. The summed E-state index contributed by atoms with van der Waals surface area (Å²) in [4.78, 5) is 14.3. The largest absolute Gasteiger partial charge is 0.491 e. The maximum atomic E-state index is 12.5. The number of hydrogen-bond acceptors (Lipinski definition) is 3. The van der Waals surface area contributed by atoms with Crippen molar-refractivity contribution in [1.82, 2.24) is 4.90 Å². The van der Waals surface area contributed by atoms with E-state index in [4.69, 9.17) is 10.5 Å². The Morgan fingerprint density at radius 3 is 2.70 bits per heavy atom. The first-order valence-corrected chi connectivity index (χ1v) is 7.34. The molecule has 0 radical (unpaired) electrons. The maximum Gasteiger partial charge on any atom is 0.254 e. The number of benzene rings is 1. The Hall–Kier alpha value is -1.55. The van der Waals surface area contributed by atoms with Crippen LogP contribution in [0.15, 0.2) is 24.3 Å². The van der Waals surface area contributed by atoms with Gasteiger partial charge < -0.3 is 15.4 Å². The van der Waals surface area contributed by atoms with E-state index < -0.39 is 0 Å². The van der Waals surface area contributed by atoms with E-state index >= 15 is 0 Å². The van der Waals surface area contributed by atoms with Gasteiger partial charge in [0.05, 0.1) is 6.10 Å². The Kier molecular flexibility index (Phi) is 7.09. The van der Waals surface area contributed by atoms with Gasteiger partial charge in [-0.15, -0.1) is 0 Å². The summed E-state index contributed by atoms with van der Waals surface area (Å²) in [6.45, 7) is 7.88. The van der Waals surface area contributed by atoms with E-state index in [9.17, 15) is 4.79 Å². The zero-order valence-corrected chi connectivity index (χ0v) is 12.8. The van der Waals surface area contributed by atoms with Gasteiger partial charge in [-0.05, 0) is 38.5 Å². The maximum absolute atomic E-state index is 12.5. The second-order valence-corrected chi connectivity index (χ2v) is 5.13. The number of rotatable bonds is 8. The third-order valence-corrected chi connectivity index (χ3v) is 2.92. The molecule has 1 rings (SSSR count). The van der Waals surface area contributed by atoms with Crippen LogP contribution in [0.1, 0.15) is 44.0 Å². The second-order valence-electron chi connectivity index (χ2n) is 5.13. The van der Waals surface area contributed by atoms with Crippen molar-refractivity contribution in [3.8, 4) is 5.75 Å². The second kappa shape index (κ2) is 8.59. The number of amides is 1. The molecule has 0 aliphatic heterocycles. The highest BCUT2D eigenvalue weighted by Gasteiger charge is 2.15. The van der Waals surface area contributed by atoms with E-state index in [2.05, 4.69) is 6.92 Å². The summed E-state index contributed by atoms with van der Waals surface area (Å²) in [5, 5.41) is 0. The Morgan fingerprint density at radius 2 is 2.10 bits per heavy atom. The summed E-state index contributed by atoms with van der Waals surface area (Å²) in [5.41, 5.74) is 6.25. The van der Waals surface area contributed by atoms with E-state index in [0.29, 0.717) is 18.7 Å². The predicted octanol–water partition coefficient (Wildman–Crippen LogP) is 2.67. The van der Waals surface area contributed by atoms with Gasteiger partial charge in [-0.3, -0.25) is 4.79 Å². The SMILES string of the molecule is CCCCN(CCN)C(=O)c1cccc(OC(C)C)c1. The van der Waals surface area contributed by atoms with Gasteiger partial charge in [0.15, 0.2) is 0 Å². The number of hydrogen-bond donors (Lipinski definition) is 1. The van der Waals surface area contributed by atoms with Crippen LogP contribution in [0.2, 0.25) is 0 Å². The lowest BCUT2D eigenvalue weighted by Gasteiger charge is -2.22. The molecule has 0 unspecified atom stereocenters. The predicted molar refractivity (Wildman–Crippen MR) is 82.1 cm³/mol. The normalized spacial score (nSPS) is 10.7. The van der Waals surface area contributed by atoms with Crippen LogP contribution < -0.4 is 10.5 Å². The monoisotopic (exact) mass is 278 g/mol. The smallest absolute Gasteiger partial charge is 0.254 e. The zero-order valence-electron chi connectivity index (χ0n) is 12.8. The van der Waals surface area contributed by atoms with E-state index in [0.717, 1.165) is 25.1 Å². The van der Waals surface area contributed by atoms with E-state index in [1.807, 2.05) is 36.9 Å². The Balaban J connectivity index is 2.82. The lowest BCUT2D eigenvalue weighted by atomic mass is 10.1. The summed E-state index contributed by atoms with van der Waals surface area (Å²) < 4.78 is 5.63. The van der Waals surface area contributed by atoms with Crippen molar-refractivity contribution in [2.24, 2.45) is 5.73 Å². The van der Waals surface area contributed by atoms with Crippen LogP contribution in [-0.2, 0) is 0 Å². The number of carbonyl (C=O) groups is 1. The van der Waals surface area contributed by atoms with Crippen molar-refractivity contribution < 1.29 is 9.53 Å². The first kappa shape index (κ1) is 16.5. The Bertz CT molecular complexity index is 419. The third kappa shape index (κ3) is 5.21. The molecule has 0 aromatic heterocycles. The Morgan fingerprint density at radius 1 is 1.35 bits per heavy atom. The van der Waals surface area contributed by atoms with Crippen LogP contribution in [-0.4, -0.2) is 36.5 Å². The summed E-state index contributed by atoms with van der Waals surface area (Å²) in [6.07, 6.45) is 2.15. The van der Waals surface area contributed by atoms with Gasteiger partial charge in [-0.25, -0.2) is 0 Å². The number of ether oxygens (including phenoxy) is 1. The highest BCUT2D eigenvalue weighted by Crippen LogP contribution is 2.16. The lowest BCUT2D eigenvalue weighted by molar-refractivity contribution is 0.0757. The topological polar surface area (TPSA) is 55.6 Å². The molecule has 0 aliphatic rings. The number of unbranched alkanes of at least 4 members (excludes halogenated alkanes) is 1. The van der Waals surface area contributed by atoms with Crippen molar-refractivity contribution in [2.75, 3.05) is 19.6 Å². The number of nitrogens with two attached hydrogens (primary N) is 1. The average molecular weight is 278 g/mol. The highest BCUT2D eigenvalue weighted by molar-refractivity contribution is 5.94. The van der Waals surface area contributed by atoms with Crippen LogP contribution in [0.3, 0.4) is 0 Å². The molecule has 0 spiro atoms. The van der Waals surface area contributed by atoms with Crippen LogP contribution >= 0.6 is 0 Å². The van der Waals surface area contributed by atoms with Crippen molar-refractivity contribution >= 4 is 5.91 Å². The van der Waals surface area contributed by atoms with Gasteiger partial charge >= 0.3 is 0 Å². The molecule has 1 aromatic rings. The van der Waals surface area contributed by atoms with Crippen LogP contribution in [0.25, 0.3) is 0 Å². The van der Waals surface area contributed by atoms with E-state index in [1.165, 1.54) is 0 Å². The van der Waals surface area contributed by atoms with E-state index in [1.54, 1.807) is 6.07 Å². The van der Waals surface area contributed by atoms with Gasteiger partial charge in [-0.2, -0.15) is 0 Å². The summed E-state index contributed by atoms with van der Waals surface area (Å²) in [5.74, 6) is 0.757. The summed E-state index contributed by atoms with van der Waals surface area (Å²) in [7, 11) is 0. The van der Waals surface area contributed by atoms with Crippen molar-refractivity contribution in [3.63, 3.8) is 0 Å². The lowest BCUT2D eigenvalue weighted by Crippen LogP contribution is -2.36. The molecule has 20 heavy (non-hydrogen) atoms. The molecule has 4 nitrogen and oxygen atoms in total. The molecule has 112 valence electrons. The quantitative estimate of drug-likeness (QED) is 0.795. The molecule has 4 heteroatoms. The van der Waals surface area contributed by atoms with Crippen LogP contribution in [0.5, 0.6) is 5.75 Å². The molecular weight excluding hydrogens is 252 g/mol. The van der Waals surface area contributed by atoms with Gasteiger partial charge in [0.1, 0.15) is 5.75 Å². The Labute approximate surface area is 121 Å². The molecule has 1 aromatic carbocycles. The van der Waals surface area contributed by atoms with Gasteiger partial charge in [0.2, 0.25) is 0 Å². The van der Waals surface area contributed by atoms with Gasteiger partial charge in [0.25, 0.3) is 5.91 Å². The number of nitrogens with zero attached hydrogens (tertiary/aromatic N) is 1. The number of carbonyl (C=O) groups excluding carboxylic acids is 1. The van der Waals surface area contributed by atoms with E-state index in [-0.39, 0.29) is 12.0 Å². The van der Waals surface area contributed by atoms with Gasteiger partial charge in [0, 0.05) is 25.2 Å². The fourth-order valence-electron chi connectivity index (χ4n) is 1.98. The van der Waals surface area contributed by atoms with Crippen molar-refractivity contribution in [1.29, 1.82) is 0 Å². The van der Waals surface area contributed by atoms with Crippen LogP contribution in [0, 0.1) is 0 Å². The first-order valence-electron chi connectivity index (χ1n) is 7.34. The fourth-order valence-corrected chi connectivity index (χ4v) is 1.98. The van der Waals surface area contributed by atoms with Crippen LogP contribution in [0.4, 0.5) is 0 Å². The summed E-state index contributed by atoms with van der Waals surface area (Å²) in [6, 6.07) is 7.35. The van der Waals surface area contributed by atoms with Gasteiger partial charge in [-0.1, -0.05) is 19.4 Å². The zero-order chi connectivity index (χ0) is 15.0. The molecule has 0 heterocycles. The molecule has 0 fully saturated rings. The minimum absolute atomic E-state index is 0.0260. The van der Waals surface area contributed by atoms with Crippen molar-refractivity contribution in [2.45, 2.75) is 39.7 Å². The molecule has 0 atom stereocenters. The molecule has 0 saturated carbocycles. The molecular formula is C16H26N2O2. The molecule has 1 amide bonds. The third-order valence-electron chi connectivity index (χ3n) is 2.92. The molecule has 0 saturated heterocycles. The molecule has 2 N–H and O–H groups in total. The average Bonchev–Trinajstić information content (AvgIpc) is 2.42. The standard InChI is InChI=1S/C16H26N2O2/c1-4-5-10-18(11-9-17)16(19)14-7-6-8-15(12-14)20-13(2)3/h6-8,12-13H,4-5,9-11,17H2,1-3H3. The van der Waals surface area contributed by atoms with Crippen molar-refractivity contribution in [3.05, 3.63) is 29.8 Å². The molecule has 0 bridgehead atoms. The highest BCUT2D eigenvalue weighted by atomic mass is 16.5. The molecule has 0 aliphatic carbocycles. The minimum atomic E-state index is 0.0260. The minimum Gasteiger partial charge on any atom is -0.491 e.